The second-order valence-corrected chi connectivity index (χ2v) is 9.99. The minimum atomic E-state index is -0.283. The highest BCUT2D eigenvalue weighted by molar-refractivity contribution is 6.06. The Morgan fingerprint density at radius 3 is 2.28 bits per heavy atom. The number of aldehydes is 1. The van der Waals surface area contributed by atoms with Crippen LogP contribution in [-0.4, -0.2) is 28.9 Å². The van der Waals surface area contributed by atoms with E-state index >= 15 is 0 Å². The summed E-state index contributed by atoms with van der Waals surface area (Å²) in [4.78, 5) is 51.6. The summed E-state index contributed by atoms with van der Waals surface area (Å²) in [6, 6.07) is 7.67. The first-order valence-electron chi connectivity index (χ1n) is 11.6. The Balaban J connectivity index is 1.11. The van der Waals surface area contributed by atoms with Crippen molar-refractivity contribution < 1.29 is 19.2 Å². The van der Waals surface area contributed by atoms with Crippen LogP contribution in [0.3, 0.4) is 0 Å². The smallest absolute Gasteiger partial charge is 0.234 e. The van der Waals surface area contributed by atoms with Crippen LogP contribution in [0.15, 0.2) is 48.6 Å². The van der Waals surface area contributed by atoms with Gasteiger partial charge in [0.15, 0.2) is 0 Å². The topological polar surface area (TPSA) is 83.6 Å². The second-order valence-electron chi connectivity index (χ2n) is 9.99. The van der Waals surface area contributed by atoms with E-state index in [2.05, 4.69) is 29.6 Å². The molecule has 32 heavy (non-hydrogen) atoms. The number of benzene rings is 1. The first-order chi connectivity index (χ1) is 15.5. The van der Waals surface area contributed by atoms with Gasteiger partial charge in [-0.3, -0.25) is 19.3 Å². The van der Waals surface area contributed by atoms with Crippen LogP contribution >= 0.6 is 0 Å². The van der Waals surface area contributed by atoms with E-state index in [0.29, 0.717) is 6.54 Å². The molecule has 2 saturated carbocycles. The standard InChI is InChI=1S/C26H26N2O4/c29-13-20-16-4-5-17(9-16)21(20)24(30)27-11-14-2-1-3-15(8-14)12-28-25(31)22-18-6-7-19(10-18)23(22)26(28)32/h1-8,13,16-23H,9-12H2,(H,27,30). The maximum atomic E-state index is 12.9. The number of hydrogen-bond donors (Lipinski definition) is 1. The third-order valence-corrected chi connectivity index (χ3v) is 8.34. The summed E-state index contributed by atoms with van der Waals surface area (Å²) < 4.78 is 0. The van der Waals surface area contributed by atoms with Gasteiger partial charge in [-0.1, -0.05) is 48.6 Å². The molecule has 5 aliphatic rings. The third-order valence-electron chi connectivity index (χ3n) is 8.34. The van der Waals surface area contributed by atoms with Gasteiger partial charge in [0.1, 0.15) is 6.29 Å². The minimum Gasteiger partial charge on any atom is -0.352 e. The minimum absolute atomic E-state index is 0.0419. The van der Waals surface area contributed by atoms with Gasteiger partial charge in [-0.2, -0.15) is 0 Å². The Hall–Kier alpha value is -3.02. The van der Waals surface area contributed by atoms with Crippen LogP contribution in [0.5, 0.6) is 0 Å². The molecule has 6 heteroatoms. The molecule has 1 N–H and O–H groups in total. The van der Waals surface area contributed by atoms with Crippen LogP contribution < -0.4 is 5.32 Å². The molecular formula is C26H26N2O4. The number of carbonyl (C=O) groups is 4. The normalized spacial score (nSPS) is 38.1. The molecule has 0 radical (unpaired) electrons. The number of rotatable bonds is 6. The van der Waals surface area contributed by atoms with Gasteiger partial charge in [-0.05, 0) is 47.6 Å². The van der Waals surface area contributed by atoms with Gasteiger partial charge in [-0.25, -0.2) is 0 Å². The molecule has 4 bridgehead atoms. The highest BCUT2D eigenvalue weighted by Crippen LogP contribution is 2.52. The maximum Gasteiger partial charge on any atom is 0.234 e. The fraction of sp³-hybridized carbons (Fsp3) is 0.462. The Bertz CT molecular complexity index is 1050. The van der Waals surface area contributed by atoms with Crippen molar-refractivity contribution in [3.8, 4) is 0 Å². The number of nitrogens with one attached hydrogen (secondary N) is 1. The number of imide groups is 1. The van der Waals surface area contributed by atoms with Crippen molar-refractivity contribution in [1.82, 2.24) is 10.2 Å². The first-order valence-corrected chi connectivity index (χ1v) is 11.6. The van der Waals surface area contributed by atoms with E-state index < -0.39 is 0 Å². The Kier molecular flexibility index (Phi) is 4.46. The molecule has 1 aromatic carbocycles. The molecule has 8 atom stereocenters. The average Bonchev–Trinajstić information content (AvgIpc) is 3.62. The summed E-state index contributed by atoms with van der Waals surface area (Å²) in [7, 11) is 0. The van der Waals surface area contributed by atoms with Gasteiger partial charge in [0.2, 0.25) is 17.7 Å². The molecule has 1 aliphatic heterocycles. The predicted molar refractivity (Wildman–Crippen MR) is 115 cm³/mol. The van der Waals surface area contributed by atoms with Crippen LogP contribution in [0.4, 0.5) is 0 Å². The van der Waals surface area contributed by atoms with Crippen molar-refractivity contribution in [3.05, 3.63) is 59.7 Å². The van der Waals surface area contributed by atoms with Crippen LogP contribution in [0.25, 0.3) is 0 Å². The van der Waals surface area contributed by atoms with Gasteiger partial charge >= 0.3 is 0 Å². The predicted octanol–water partition coefficient (Wildman–Crippen LogP) is 2.25. The van der Waals surface area contributed by atoms with E-state index in [1.54, 1.807) is 0 Å². The van der Waals surface area contributed by atoms with Gasteiger partial charge in [0, 0.05) is 12.5 Å². The molecule has 1 saturated heterocycles. The van der Waals surface area contributed by atoms with Crippen molar-refractivity contribution in [2.45, 2.75) is 25.9 Å². The van der Waals surface area contributed by atoms with Crippen LogP contribution in [0.1, 0.15) is 24.0 Å². The highest BCUT2D eigenvalue weighted by Gasteiger charge is 2.59. The van der Waals surface area contributed by atoms with Gasteiger partial charge in [0.05, 0.1) is 24.3 Å². The van der Waals surface area contributed by atoms with Gasteiger partial charge < -0.3 is 10.1 Å². The second kappa shape index (κ2) is 7.26. The summed E-state index contributed by atoms with van der Waals surface area (Å²) in [6.45, 7) is 0.632. The SMILES string of the molecule is O=CC1C2C=CC(C2)C1C(=O)NCc1cccc(CN2C(=O)C3C4C=CC(C4)C3C2=O)c1. The van der Waals surface area contributed by atoms with Gasteiger partial charge in [0.25, 0.3) is 0 Å². The van der Waals surface area contributed by atoms with Crippen LogP contribution in [0, 0.1) is 47.3 Å². The van der Waals surface area contributed by atoms with Gasteiger partial charge in [-0.15, -0.1) is 0 Å². The zero-order chi connectivity index (χ0) is 22.0. The van der Waals surface area contributed by atoms with E-state index in [4.69, 9.17) is 0 Å². The largest absolute Gasteiger partial charge is 0.352 e. The number of nitrogens with zero attached hydrogens (tertiary/aromatic N) is 1. The van der Waals surface area contributed by atoms with Crippen molar-refractivity contribution in [3.63, 3.8) is 0 Å². The maximum absolute atomic E-state index is 12.9. The van der Waals surface area contributed by atoms with E-state index in [1.165, 1.54) is 4.90 Å². The Morgan fingerprint density at radius 1 is 0.938 bits per heavy atom. The zero-order valence-corrected chi connectivity index (χ0v) is 17.7. The number of allylic oxidation sites excluding steroid dienone is 4. The van der Waals surface area contributed by atoms with Crippen LogP contribution in [-0.2, 0) is 32.3 Å². The molecule has 6 rings (SSSR count). The Labute approximate surface area is 186 Å². The van der Waals surface area contributed by atoms with Crippen molar-refractivity contribution in [2.24, 2.45) is 47.3 Å². The van der Waals surface area contributed by atoms with E-state index in [-0.39, 0.29) is 71.6 Å². The quantitative estimate of drug-likeness (QED) is 0.426. The molecule has 0 spiro atoms. The molecule has 1 heterocycles. The molecule has 8 unspecified atom stereocenters. The lowest BCUT2D eigenvalue weighted by molar-refractivity contribution is -0.141. The summed E-state index contributed by atoms with van der Waals surface area (Å²) >= 11 is 0. The number of likely N-dealkylation sites (tertiary alicyclic amines) is 1. The molecule has 1 aromatic rings. The molecule has 4 aliphatic carbocycles. The van der Waals surface area contributed by atoms with Crippen molar-refractivity contribution in [2.75, 3.05) is 0 Å². The lowest BCUT2D eigenvalue weighted by Gasteiger charge is -2.23. The molecule has 3 fully saturated rings. The van der Waals surface area contributed by atoms with E-state index in [0.717, 1.165) is 30.3 Å². The molecule has 6 nitrogen and oxygen atoms in total. The monoisotopic (exact) mass is 430 g/mol. The number of carbonyl (C=O) groups excluding carboxylic acids is 4. The number of hydrogen-bond acceptors (Lipinski definition) is 4. The third kappa shape index (κ3) is 2.85. The van der Waals surface area contributed by atoms with E-state index in [1.807, 2.05) is 24.3 Å². The lowest BCUT2D eigenvalue weighted by Crippen LogP contribution is -2.37. The fourth-order valence-corrected chi connectivity index (χ4v) is 6.86. The zero-order valence-electron chi connectivity index (χ0n) is 17.7. The summed E-state index contributed by atoms with van der Waals surface area (Å²) in [5, 5.41) is 2.99. The summed E-state index contributed by atoms with van der Waals surface area (Å²) in [6.07, 6.45) is 11.1. The van der Waals surface area contributed by atoms with Crippen LogP contribution in [0.2, 0.25) is 0 Å². The number of amides is 3. The first kappa shape index (κ1) is 19.6. The van der Waals surface area contributed by atoms with E-state index in [9.17, 15) is 19.2 Å². The molecule has 164 valence electrons. The number of fused-ring (bicyclic) bond motifs is 7. The summed E-state index contributed by atoms with van der Waals surface area (Å²) in [5.74, 6) is -0.267. The summed E-state index contributed by atoms with van der Waals surface area (Å²) in [5.41, 5.74) is 1.80. The fourth-order valence-electron chi connectivity index (χ4n) is 6.86. The molecular weight excluding hydrogens is 404 g/mol. The van der Waals surface area contributed by atoms with Crippen molar-refractivity contribution in [1.29, 1.82) is 0 Å². The van der Waals surface area contributed by atoms with Crippen molar-refractivity contribution >= 4 is 24.0 Å². The molecule has 0 aromatic heterocycles. The average molecular weight is 431 g/mol. The Morgan fingerprint density at radius 2 is 1.56 bits per heavy atom. The molecule has 3 amide bonds. The highest BCUT2D eigenvalue weighted by atomic mass is 16.2. The lowest BCUT2D eigenvalue weighted by atomic mass is 9.83.